The van der Waals surface area contributed by atoms with E-state index in [-0.39, 0.29) is 30.2 Å². The van der Waals surface area contributed by atoms with Crippen LogP contribution in [0.25, 0.3) is 22.1 Å². The minimum atomic E-state index is -0.118. The Labute approximate surface area is 186 Å². The number of benzene rings is 2. The first-order valence-electron chi connectivity index (χ1n) is 10.6. The van der Waals surface area contributed by atoms with Gasteiger partial charge in [-0.05, 0) is 50.6 Å². The van der Waals surface area contributed by atoms with Crippen molar-refractivity contribution < 1.29 is 23.4 Å². The van der Waals surface area contributed by atoms with Crippen molar-refractivity contribution in [3.63, 3.8) is 0 Å². The van der Waals surface area contributed by atoms with Crippen LogP contribution < -0.4 is 14.9 Å². The van der Waals surface area contributed by atoms with Crippen LogP contribution in [0, 0.1) is 6.92 Å². The number of aryl methyl sites for hydroxylation is 1. The van der Waals surface area contributed by atoms with Crippen molar-refractivity contribution >= 4 is 16.9 Å². The first-order chi connectivity index (χ1) is 15.4. The maximum atomic E-state index is 13.1. The van der Waals surface area contributed by atoms with Gasteiger partial charge in [0, 0.05) is 19.2 Å². The molecular weight excluding hydrogens is 410 g/mol. The highest BCUT2D eigenvalue weighted by Gasteiger charge is 2.26. The minimum Gasteiger partial charge on any atom is -0.497 e. The van der Waals surface area contributed by atoms with Gasteiger partial charge >= 0.3 is 0 Å². The lowest BCUT2D eigenvalue weighted by molar-refractivity contribution is -0.145. The molecule has 1 amide bonds. The van der Waals surface area contributed by atoms with Gasteiger partial charge in [0.25, 0.3) is 5.91 Å². The molecule has 0 N–H and O–H groups in total. The predicted molar refractivity (Wildman–Crippen MR) is 121 cm³/mol. The van der Waals surface area contributed by atoms with Crippen molar-refractivity contribution in [2.45, 2.75) is 33.0 Å². The molecule has 0 bridgehead atoms. The van der Waals surface area contributed by atoms with E-state index < -0.39 is 0 Å². The zero-order valence-corrected chi connectivity index (χ0v) is 18.7. The van der Waals surface area contributed by atoms with Gasteiger partial charge < -0.3 is 23.5 Å². The number of carbonyl (C=O) groups excluding carboxylic acids is 1. The molecule has 0 aliphatic carbocycles. The Morgan fingerprint density at radius 3 is 2.38 bits per heavy atom. The summed E-state index contributed by atoms with van der Waals surface area (Å²) in [7, 11) is 1.60. The lowest BCUT2D eigenvalue weighted by Crippen LogP contribution is -2.49. The predicted octanol–water partition coefficient (Wildman–Crippen LogP) is 3.79. The second-order valence-electron chi connectivity index (χ2n) is 8.09. The van der Waals surface area contributed by atoms with Gasteiger partial charge in [0.15, 0.2) is 6.61 Å². The SMILES string of the molecule is COc1ccc(-c2c(C)oc3cc(OCC(=O)N4C[C@H](C)O[C@@H](C)C4)ccc3c2=O)cc1. The van der Waals surface area contributed by atoms with Crippen molar-refractivity contribution in [1.29, 1.82) is 0 Å². The van der Waals surface area contributed by atoms with Crippen LogP contribution in [-0.4, -0.2) is 49.8 Å². The Bertz CT molecular complexity index is 1170. The molecule has 0 unspecified atom stereocenters. The van der Waals surface area contributed by atoms with E-state index in [9.17, 15) is 9.59 Å². The van der Waals surface area contributed by atoms with E-state index in [1.807, 2.05) is 38.1 Å². The number of hydrogen-bond acceptors (Lipinski definition) is 6. The van der Waals surface area contributed by atoms with E-state index in [1.165, 1.54) is 0 Å². The molecule has 1 fully saturated rings. The molecule has 0 spiro atoms. The molecule has 1 aliphatic rings. The Morgan fingerprint density at radius 2 is 1.72 bits per heavy atom. The minimum absolute atomic E-state index is 0.000479. The Hall–Kier alpha value is -3.32. The molecule has 2 aromatic carbocycles. The Morgan fingerprint density at radius 1 is 1.06 bits per heavy atom. The molecule has 2 atom stereocenters. The van der Waals surface area contributed by atoms with Crippen LogP contribution in [-0.2, 0) is 9.53 Å². The number of morpholine rings is 1. The third-order valence-electron chi connectivity index (χ3n) is 5.55. The van der Waals surface area contributed by atoms with Crippen molar-refractivity contribution in [1.82, 2.24) is 4.90 Å². The maximum Gasteiger partial charge on any atom is 0.260 e. The molecule has 0 saturated carbocycles. The third-order valence-corrected chi connectivity index (χ3v) is 5.55. The fourth-order valence-electron chi connectivity index (χ4n) is 4.08. The summed E-state index contributed by atoms with van der Waals surface area (Å²) < 4.78 is 22.5. The molecule has 4 rings (SSSR count). The van der Waals surface area contributed by atoms with E-state index >= 15 is 0 Å². The molecule has 168 valence electrons. The van der Waals surface area contributed by atoms with E-state index in [0.29, 0.717) is 46.9 Å². The van der Waals surface area contributed by atoms with E-state index in [2.05, 4.69) is 0 Å². The Kier molecular flexibility index (Phi) is 6.19. The van der Waals surface area contributed by atoms with Crippen LogP contribution in [0.4, 0.5) is 0 Å². The molecule has 7 nitrogen and oxygen atoms in total. The summed E-state index contributed by atoms with van der Waals surface area (Å²) in [6, 6.07) is 12.3. The monoisotopic (exact) mass is 437 g/mol. The largest absolute Gasteiger partial charge is 0.497 e. The quantitative estimate of drug-likeness (QED) is 0.604. The second kappa shape index (κ2) is 9.04. The second-order valence-corrected chi connectivity index (χ2v) is 8.09. The van der Waals surface area contributed by atoms with Gasteiger partial charge in [0.05, 0.1) is 30.3 Å². The van der Waals surface area contributed by atoms with Gasteiger partial charge in [-0.1, -0.05) is 12.1 Å². The molecule has 1 saturated heterocycles. The van der Waals surface area contributed by atoms with Crippen LogP contribution in [0.3, 0.4) is 0 Å². The summed E-state index contributed by atoms with van der Waals surface area (Å²) in [5, 5.41) is 0.455. The van der Waals surface area contributed by atoms with Crippen molar-refractivity contribution in [3.8, 4) is 22.6 Å². The summed E-state index contributed by atoms with van der Waals surface area (Å²) in [5.74, 6) is 1.60. The van der Waals surface area contributed by atoms with Crippen LogP contribution >= 0.6 is 0 Å². The van der Waals surface area contributed by atoms with Gasteiger partial charge in [-0.3, -0.25) is 9.59 Å². The van der Waals surface area contributed by atoms with Gasteiger partial charge in [0.2, 0.25) is 5.43 Å². The average molecular weight is 437 g/mol. The zero-order chi connectivity index (χ0) is 22.8. The fraction of sp³-hybridized carbons (Fsp3) is 0.360. The smallest absolute Gasteiger partial charge is 0.260 e. The molecule has 32 heavy (non-hydrogen) atoms. The molecule has 7 heteroatoms. The average Bonchev–Trinajstić information content (AvgIpc) is 2.77. The normalized spacial score (nSPS) is 18.6. The molecule has 3 aromatic rings. The summed E-state index contributed by atoms with van der Waals surface area (Å²) in [6.07, 6.45) is 0.000957. The summed E-state index contributed by atoms with van der Waals surface area (Å²) in [4.78, 5) is 27.4. The summed E-state index contributed by atoms with van der Waals surface area (Å²) in [6.45, 7) is 6.67. The number of carbonyl (C=O) groups is 1. The van der Waals surface area contributed by atoms with Crippen molar-refractivity contribution in [2.24, 2.45) is 0 Å². The van der Waals surface area contributed by atoms with Gasteiger partial charge in [-0.25, -0.2) is 0 Å². The number of nitrogens with zero attached hydrogens (tertiary/aromatic N) is 1. The highest BCUT2D eigenvalue weighted by Crippen LogP contribution is 2.27. The van der Waals surface area contributed by atoms with E-state index in [0.717, 1.165) is 5.56 Å². The first kappa shape index (κ1) is 21.9. The third kappa shape index (κ3) is 4.48. The molecule has 1 aliphatic heterocycles. The highest BCUT2D eigenvalue weighted by atomic mass is 16.5. The molecular formula is C25H27NO6. The Balaban J connectivity index is 1.54. The lowest BCUT2D eigenvalue weighted by atomic mass is 10.0. The number of rotatable bonds is 5. The van der Waals surface area contributed by atoms with E-state index in [4.69, 9.17) is 18.6 Å². The number of amides is 1. The van der Waals surface area contributed by atoms with Crippen molar-refractivity contribution in [3.05, 3.63) is 58.4 Å². The zero-order valence-electron chi connectivity index (χ0n) is 18.7. The van der Waals surface area contributed by atoms with Gasteiger partial charge in [-0.15, -0.1) is 0 Å². The highest BCUT2D eigenvalue weighted by molar-refractivity contribution is 5.84. The lowest BCUT2D eigenvalue weighted by Gasteiger charge is -2.35. The number of hydrogen-bond donors (Lipinski definition) is 0. The van der Waals surface area contributed by atoms with Crippen LogP contribution in [0.1, 0.15) is 19.6 Å². The van der Waals surface area contributed by atoms with Gasteiger partial charge in [-0.2, -0.15) is 0 Å². The van der Waals surface area contributed by atoms with E-state index in [1.54, 1.807) is 37.1 Å². The summed E-state index contributed by atoms with van der Waals surface area (Å²) in [5.41, 5.74) is 1.58. The molecule has 0 radical (unpaired) electrons. The van der Waals surface area contributed by atoms with Gasteiger partial charge in [0.1, 0.15) is 22.8 Å². The van der Waals surface area contributed by atoms with Crippen LogP contribution in [0.5, 0.6) is 11.5 Å². The molecule has 2 heterocycles. The topological polar surface area (TPSA) is 78.2 Å². The number of ether oxygens (including phenoxy) is 3. The van der Waals surface area contributed by atoms with Crippen LogP contribution in [0.15, 0.2) is 51.7 Å². The fourth-order valence-corrected chi connectivity index (χ4v) is 4.08. The summed E-state index contributed by atoms with van der Waals surface area (Å²) >= 11 is 0. The van der Waals surface area contributed by atoms with Crippen molar-refractivity contribution in [2.75, 3.05) is 26.8 Å². The molecule has 1 aromatic heterocycles. The number of methoxy groups -OCH3 is 1. The number of fused-ring (bicyclic) bond motifs is 1. The maximum absolute atomic E-state index is 13.1. The standard InChI is InChI=1S/C25H27NO6/c1-15-12-26(13-16(2)31-15)23(27)14-30-20-9-10-21-22(11-20)32-17(3)24(25(21)28)18-5-7-19(29-4)8-6-18/h5-11,15-16H,12-14H2,1-4H3/t15-,16-/m0/s1. The first-order valence-corrected chi connectivity index (χ1v) is 10.6. The van der Waals surface area contributed by atoms with Crippen LogP contribution in [0.2, 0.25) is 0 Å².